The predicted octanol–water partition coefficient (Wildman–Crippen LogP) is 3.92. The standard InChI is InChI=1S/C26H33N4O3/c1-7-30(8-2)19-14-15-23(24(18-19)33-9-3)29(5)27-25(26(31)32-6)21-16-17-28(4)22-13-11-10-12-20(21)22/h10-18H,7-9H2,1-6H3/q+1. The molecule has 3 aromatic rings. The molecule has 1 heterocycles. The van der Waals surface area contributed by atoms with Gasteiger partial charge in [-0.15, -0.1) is 0 Å². The molecule has 0 N–H and O–H groups in total. The zero-order chi connectivity index (χ0) is 24.0. The molecular formula is C26H33N4O3+. The van der Waals surface area contributed by atoms with Crippen molar-refractivity contribution in [2.45, 2.75) is 20.8 Å². The number of fused-ring (bicyclic) bond motifs is 1. The van der Waals surface area contributed by atoms with Crippen LogP contribution in [-0.2, 0) is 16.6 Å². The molecule has 33 heavy (non-hydrogen) atoms. The summed E-state index contributed by atoms with van der Waals surface area (Å²) in [6.45, 7) is 8.53. The lowest BCUT2D eigenvalue weighted by atomic mass is 10.0. The molecule has 3 rings (SSSR count). The summed E-state index contributed by atoms with van der Waals surface area (Å²) >= 11 is 0. The van der Waals surface area contributed by atoms with Gasteiger partial charge in [0.15, 0.2) is 11.9 Å². The molecule has 174 valence electrons. The molecule has 0 atom stereocenters. The Kier molecular flexibility index (Phi) is 7.87. The van der Waals surface area contributed by atoms with Crippen molar-refractivity contribution >= 4 is 34.0 Å². The lowest BCUT2D eigenvalue weighted by molar-refractivity contribution is -0.644. The first kappa shape index (κ1) is 24.0. The van der Waals surface area contributed by atoms with Crippen LogP contribution in [0.1, 0.15) is 26.3 Å². The summed E-state index contributed by atoms with van der Waals surface area (Å²) in [6.07, 6.45) is 1.92. The van der Waals surface area contributed by atoms with Crippen LogP contribution in [0.15, 0.2) is 59.8 Å². The number of nitrogens with zero attached hydrogens (tertiary/aromatic N) is 4. The van der Waals surface area contributed by atoms with Crippen LogP contribution in [0.2, 0.25) is 0 Å². The third kappa shape index (κ3) is 5.08. The molecular weight excluding hydrogens is 416 g/mol. The molecule has 0 fully saturated rings. The highest BCUT2D eigenvalue weighted by Crippen LogP contribution is 2.33. The molecule has 0 amide bonds. The molecule has 7 heteroatoms. The first-order valence-corrected chi connectivity index (χ1v) is 11.2. The van der Waals surface area contributed by atoms with Gasteiger partial charge in [0, 0.05) is 49.6 Å². The summed E-state index contributed by atoms with van der Waals surface area (Å²) in [5.74, 6) is 0.209. The molecule has 0 aliphatic rings. The van der Waals surface area contributed by atoms with Crippen molar-refractivity contribution in [2.24, 2.45) is 12.1 Å². The predicted molar refractivity (Wildman–Crippen MR) is 133 cm³/mol. The summed E-state index contributed by atoms with van der Waals surface area (Å²) in [7, 11) is 5.15. The number of hydrogen-bond acceptors (Lipinski definition) is 6. The van der Waals surface area contributed by atoms with E-state index < -0.39 is 5.97 Å². The molecule has 0 bridgehead atoms. The van der Waals surface area contributed by atoms with Crippen molar-refractivity contribution in [3.05, 3.63) is 60.3 Å². The van der Waals surface area contributed by atoms with Crippen LogP contribution >= 0.6 is 0 Å². The van der Waals surface area contributed by atoms with Gasteiger partial charge in [0.05, 0.1) is 19.1 Å². The summed E-state index contributed by atoms with van der Waals surface area (Å²) in [6, 6.07) is 15.8. The van der Waals surface area contributed by atoms with Gasteiger partial charge in [-0.3, -0.25) is 5.01 Å². The van der Waals surface area contributed by atoms with E-state index in [1.807, 2.05) is 80.3 Å². The number of hydrazone groups is 1. The van der Waals surface area contributed by atoms with Gasteiger partial charge in [-0.2, -0.15) is 5.10 Å². The van der Waals surface area contributed by atoms with Crippen molar-refractivity contribution in [3.63, 3.8) is 0 Å². The monoisotopic (exact) mass is 449 g/mol. The van der Waals surface area contributed by atoms with Crippen LogP contribution < -0.4 is 19.2 Å². The Balaban J connectivity index is 2.12. The van der Waals surface area contributed by atoms with Crippen LogP contribution in [0, 0.1) is 0 Å². The van der Waals surface area contributed by atoms with Gasteiger partial charge in [-0.1, -0.05) is 12.1 Å². The van der Waals surface area contributed by atoms with E-state index in [1.54, 1.807) is 5.01 Å². The van der Waals surface area contributed by atoms with Crippen molar-refractivity contribution in [2.75, 3.05) is 43.8 Å². The molecule has 2 aromatic carbocycles. The van der Waals surface area contributed by atoms with Gasteiger partial charge < -0.3 is 14.4 Å². The van der Waals surface area contributed by atoms with E-state index in [4.69, 9.17) is 14.6 Å². The average Bonchev–Trinajstić information content (AvgIpc) is 2.84. The molecule has 0 aliphatic heterocycles. The van der Waals surface area contributed by atoms with E-state index in [1.165, 1.54) is 7.11 Å². The highest BCUT2D eigenvalue weighted by atomic mass is 16.5. The number of methoxy groups -OCH3 is 1. The summed E-state index contributed by atoms with van der Waals surface area (Å²) in [4.78, 5) is 15.1. The van der Waals surface area contributed by atoms with Crippen molar-refractivity contribution in [1.29, 1.82) is 0 Å². The molecule has 7 nitrogen and oxygen atoms in total. The number of aromatic nitrogens is 1. The molecule has 0 aliphatic carbocycles. The Hall–Kier alpha value is -3.61. The number of ether oxygens (including phenoxy) is 2. The SMILES string of the molecule is CCOc1cc(N(CC)CC)ccc1N(C)/N=C(\C(=O)OC)c1cc[n+](C)c2ccccc12. The van der Waals surface area contributed by atoms with E-state index in [2.05, 4.69) is 18.7 Å². The fourth-order valence-electron chi connectivity index (χ4n) is 3.90. The third-order valence-corrected chi connectivity index (χ3v) is 5.64. The maximum Gasteiger partial charge on any atom is 0.359 e. The lowest BCUT2D eigenvalue weighted by Gasteiger charge is -2.24. The van der Waals surface area contributed by atoms with E-state index in [-0.39, 0.29) is 5.71 Å². The normalized spacial score (nSPS) is 11.4. The van der Waals surface area contributed by atoms with Gasteiger partial charge in [0.1, 0.15) is 18.5 Å². The van der Waals surface area contributed by atoms with Crippen molar-refractivity contribution in [1.82, 2.24) is 0 Å². The minimum absolute atomic E-state index is 0.229. The summed E-state index contributed by atoms with van der Waals surface area (Å²) in [5, 5.41) is 7.29. The first-order valence-electron chi connectivity index (χ1n) is 11.2. The fourth-order valence-corrected chi connectivity index (χ4v) is 3.90. The highest BCUT2D eigenvalue weighted by Gasteiger charge is 2.22. The number of esters is 1. The number of carbonyl (C=O) groups is 1. The number of anilines is 2. The number of para-hydroxylation sites is 1. The first-order chi connectivity index (χ1) is 15.9. The van der Waals surface area contributed by atoms with Gasteiger partial charge in [-0.05, 0) is 39.0 Å². The molecule has 0 saturated heterocycles. The maximum absolute atomic E-state index is 12.8. The van der Waals surface area contributed by atoms with Crippen molar-refractivity contribution in [3.8, 4) is 5.75 Å². The molecule has 0 saturated carbocycles. The quantitative estimate of drug-likeness (QED) is 0.214. The van der Waals surface area contributed by atoms with Crippen LogP contribution in [0.4, 0.5) is 11.4 Å². The number of pyridine rings is 1. The smallest absolute Gasteiger partial charge is 0.359 e. The van der Waals surface area contributed by atoms with E-state index in [0.29, 0.717) is 17.9 Å². The summed E-state index contributed by atoms with van der Waals surface area (Å²) in [5.41, 5.74) is 3.78. The van der Waals surface area contributed by atoms with Gasteiger partial charge >= 0.3 is 5.97 Å². The zero-order valence-electron chi connectivity index (χ0n) is 20.3. The minimum atomic E-state index is -0.501. The Morgan fingerprint density at radius 2 is 1.79 bits per heavy atom. The largest absolute Gasteiger partial charge is 0.492 e. The molecule has 0 unspecified atom stereocenters. The Bertz CT molecular complexity index is 1160. The number of benzene rings is 2. The number of aryl methyl sites for hydroxylation is 1. The van der Waals surface area contributed by atoms with E-state index in [9.17, 15) is 4.79 Å². The Labute approximate surface area is 195 Å². The van der Waals surface area contributed by atoms with Crippen LogP contribution in [0.25, 0.3) is 10.9 Å². The van der Waals surface area contributed by atoms with Gasteiger partial charge in [0.25, 0.3) is 0 Å². The number of carbonyl (C=O) groups excluding carboxylic acids is 1. The highest BCUT2D eigenvalue weighted by molar-refractivity contribution is 6.45. The van der Waals surface area contributed by atoms with Gasteiger partial charge in [0.2, 0.25) is 5.52 Å². The second-order valence-electron chi connectivity index (χ2n) is 7.58. The molecule has 0 radical (unpaired) electrons. The second-order valence-corrected chi connectivity index (χ2v) is 7.58. The Morgan fingerprint density at radius 1 is 1.06 bits per heavy atom. The lowest BCUT2D eigenvalue weighted by Crippen LogP contribution is -2.30. The topological polar surface area (TPSA) is 58.3 Å². The van der Waals surface area contributed by atoms with Gasteiger partial charge in [-0.25, -0.2) is 9.36 Å². The second kappa shape index (κ2) is 10.8. The van der Waals surface area contributed by atoms with E-state index in [0.717, 1.165) is 35.4 Å². The molecule has 1 aromatic heterocycles. The number of hydrogen-bond donors (Lipinski definition) is 0. The maximum atomic E-state index is 12.8. The fraction of sp³-hybridized carbons (Fsp3) is 0.346. The van der Waals surface area contributed by atoms with Crippen LogP contribution in [0.5, 0.6) is 5.75 Å². The Morgan fingerprint density at radius 3 is 2.45 bits per heavy atom. The minimum Gasteiger partial charge on any atom is -0.492 e. The van der Waals surface area contributed by atoms with Crippen molar-refractivity contribution < 1.29 is 18.8 Å². The molecule has 0 spiro atoms. The van der Waals surface area contributed by atoms with Crippen LogP contribution in [0.3, 0.4) is 0 Å². The number of rotatable bonds is 9. The van der Waals surface area contributed by atoms with Crippen LogP contribution in [-0.4, -0.2) is 45.5 Å². The van der Waals surface area contributed by atoms with E-state index >= 15 is 0 Å². The average molecular weight is 450 g/mol. The summed E-state index contributed by atoms with van der Waals surface area (Å²) < 4.78 is 13.1. The zero-order valence-corrected chi connectivity index (χ0v) is 20.3. The third-order valence-electron chi connectivity index (χ3n) is 5.64.